The van der Waals surface area contributed by atoms with Crippen molar-refractivity contribution in [2.45, 2.75) is 50.6 Å². The SMILES string of the molecule is COC(=O)COc1ccc2[nH]cc(C[C@@H](NC(=O)c3ccc(NC4CCCCC4)c(N)c3)C(=O)OC)c2c1. The van der Waals surface area contributed by atoms with Gasteiger partial charge in [-0.3, -0.25) is 4.79 Å². The van der Waals surface area contributed by atoms with Crippen LogP contribution in [0.25, 0.3) is 10.9 Å². The number of aromatic amines is 1. The summed E-state index contributed by atoms with van der Waals surface area (Å²) in [6.45, 7) is -0.222. The molecule has 4 rings (SSSR count). The predicted molar refractivity (Wildman–Crippen MR) is 144 cm³/mol. The summed E-state index contributed by atoms with van der Waals surface area (Å²) in [5.74, 6) is -1.03. The van der Waals surface area contributed by atoms with E-state index in [0.717, 1.165) is 35.0 Å². The number of amides is 1. The maximum atomic E-state index is 13.1. The number of benzene rings is 2. The van der Waals surface area contributed by atoms with Crippen LogP contribution in [-0.2, 0) is 25.5 Å². The van der Waals surface area contributed by atoms with Gasteiger partial charge in [-0.15, -0.1) is 0 Å². The highest BCUT2D eigenvalue weighted by atomic mass is 16.6. The van der Waals surface area contributed by atoms with Crippen molar-refractivity contribution in [3.63, 3.8) is 0 Å². The molecule has 2 aromatic carbocycles. The molecule has 0 bridgehead atoms. The summed E-state index contributed by atoms with van der Waals surface area (Å²) in [4.78, 5) is 40.3. The molecule has 1 aromatic heterocycles. The lowest BCUT2D eigenvalue weighted by molar-refractivity contribution is -0.143. The third kappa shape index (κ3) is 6.56. The highest BCUT2D eigenvalue weighted by Crippen LogP contribution is 2.27. The number of rotatable bonds is 10. The standard InChI is InChI=1S/C28H34N4O6/c1-36-26(33)16-38-20-9-11-23-21(14-20)18(15-30-23)13-25(28(35)37-2)32-27(34)17-8-10-24(22(29)12-17)31-19-6-4-3-5-7-19/h8-12,14-15,19,25,30-31H,3-7,13,16,29H2,1-2H3,(H,32,34)/t25-/m1/s1. The first kappa shape index (κ1) is 26.8. The molecule has 0 saturated heterocycles. The number of H-pyrrole nitrogens is 1. The Balaban J connectivity index is 1.47. The van der Waals surface area contributed by atoms with Gasteiger partial charge in [0.2, 0.25) is 0 Å². The van der Waals surface area contributed by atoms with Gasteiger partial charge in [0.05, 0.1) is 25.6 Å². The highest BCUT2D eigenvalue weighted by Gasteiger charge is 2.25. The fourth-order valence-electron chi connectivity index (χ4n) is 4.72. The number of fused-ring (bicyclic) bond motifs is 1. The van der Waals surface area contributed by atoms with E-state index in [1.807, 2.05) is 12.1 Å². The van der Waals surface area contributed by atoms with Crippen LogP contribution in [0.15, 0.2) is 42.6 Å². The summed E-state index contributed by atoms with van der Waals surface area (Å²) in [5, 5.41) is 7.05. The maximum absolute atomic E-state index is 13.1. The van der Waals surface area contributed by atoms with E-state index in [2.05, 4.69) is 20.4 Å². The van der Waals surface area contributed by atoms with Gasteiger partial charge < -0.3 is 35.6 Å². The summed E-state index contributed by atoms with van der Waals surface area (Å²) in [7, 11) is 2.57. The number of carbonyl (C=O) groups is 3. The van der Waals surface area contributed by atoms with Crippen molar-refractivity contribution in [3.05, 3.63) is 53.7 Å². The maximum Gasteiger partial charge on any atom is 0.343 e. The Labute approximate surface area is 221 Å². The molecule has 1 fully saturated rings. The van der Waals surface area contributed by atoms with Gasteiger partial charge in [0, 0.05) is 35.1 Å². The summed E-state index contributed by atoms with van der Waals surface area (Å²) in [6, 6.07) is 9.86. The number of nitrogen functional groups attached to an aromatic ring is 1. The van der Waals surface area contributed by atoms with E-state index in [4.69, 9.17) is 15.2 Å². The van der Waals surface area contributed by atoms with Gasteiger partial charge in [-0.25, -0.2) is 9.59 Å². The number of carbonyl (C=O) groups excluding carboxylic acids is 3. The molecule has 1 aliphatic rings. The van der Waals surface area contributed by atoms with Crippen LogP contribution >= 0.6 is 0 Å². The largest absolute Gasteiger partial charge is 0.482 e. The molecule has 1 atom stereocenters. The van der Waals surface area contributed by atoms with E-state index in [9.17, 15) is 14.4 Å². The molecule has 1 heterocycles. The molecule has 0 aliphatic heterocycles. The van der Waals surface area contributed by atoms with E-state index in [0.29, 0.717) is 23.0 Å². The van der Waals surface area contributed by atoms with Gasteiger partial charge in [-0.2, -0.15) is 0 Å². The van der Waals surface area contributed by atoms with Crippen LogP contribution in [0, 0.1) is 0 Å². The Morgan fingerprint density at radius 3 is 2.55 bits per heavy atom. The zero-order valence-corrected chi connectivity index (χ0v) is 21.7. The summed E-state index contributed by atoms with van der Waals surface area (Å²) in [6.07, 6.45) is 7.81. The zero-order chi connectivity index (χ0) is 27.1. The van der Waals surface area contributed by atoms with Gasteiger partial charge in [-0.05, 0) is 54.8 Å². The van der Waals surface area contributed by atoms with E-state index in [1.54, 1.807) is 30.5 Å². The fraction of sp³-hybridized carbons (Fsp3) is 0.393. The topological polar surface area (TPSA) is 145 Å². The number of nitrogens with two attached hydrogens (primary N) is 1. The van der Waals surface area contributed by atoms with Crippen LogP contribution in [0.1, 0.15) is 48.0 Å². The number of ether oxygens (including phenoxy) is 3. The molecule has 38 heavy (non-hydrogen) atoms. The molecule has 1 amide bonds. The molecule has 10 heteroatoms. The smallest absolute Gasteiger partial charge is 0.343 e. The van der Waals surface area contributed by atoms with Crippen LogP contribution in [0.4, 0.5) is 11.4 Å². The molecule has 0 spiro atoms. The van der Waals surface area contributed by atoms with Crippen LogP contribution in [-0.4, -0.2) is 55.7 Å². The van der Waals surface area contributed by atoms with Crippen molar-refractivity contribution in [2.75, 3.05) is 31.9 Å². The van der Waals surface area contributed by atoms with Crippen molar-refractivity contribution in [3.8, 4) is 5.75 Å². The average Bonchev–Trinajstić information content (AvgIpc) is 3.34. The van der Waals surface area contributed by atoms with Gasteiger partial charge >= 0.3 is 11.9 Å². The summed E-state index contributed by atoms with van der Waals surface area (Å²) < 4.78 is 15.1. The van der Waals surface area contributed by atoms with Crippen LogP contribution in [0.5, 0.6) is 5.75 Å². The zero-order valence-electron chi connectivity index (χ0n) is 21.7. The number of nitrogens with one attached hydrogen (secondary N) is 3. The first-order valence-electron chi connectivity index (χ1n) is 12.7. The second-order valence-electron chi connectivity index (χ2n) is 9.42. The van der Waals surface area contributed by atoms with E-state index >= 15 is 0 Å². The lowest BCUT2D eigenvalue weighted by atomic mass is 9.95. The molecule has 1 aliphatic carbocycles. The third-order valence-corrected chi connectivity index (χ3v) is 6.82. The average molecular weight is 523 g/mol. The molecular formula is C28H34N4O6. The van der Waals surface area contributed by atoms with Gasteiger partial charge in [-0.1, -0.05) is 19.3 Å². The number of anilines is 2. The summed E-state index contributed by atoms with van der Waals surface area (Å²) in [5.41, 5.74) is 9.47. The lowest BCUT2D eigenvalue weighted by Crippen LogP contribution is -2.43. The van der Waals surface area contributed by atoms with Gasteiger partial charge in [0.15, 0.2) is 6.61 Å². The van der Waals surface area contributed by atoms with E-state index < -0.39 is 23.9 Å². The predicted octanol–water partition coefficient (Wildman–Crippen LogP) is 3.56. The number of aromatic nitrogens is 1. The minimum absolute atomic E-state index is 0.176. The quantitative estimate of drug-likeness (QED) is 0.234. The normalized spacial score (nSPS) is 14.5. The fourth-order valence-corrected chi connectivity index (χ4v) is 4.72. The van der Waals surface area contributed by atoms with E-state index in [1.165, 1.54) is 33.5 Å². The Kier molecular flexibility index (Phi) is 8.73. The third-order valence-electron chi connectivity index (χ3n) is 6.82. The van der Waals surface area contributed by atoms with Crippen molar-refractivity contribution < 1.29 is 28.6 Å². The summed E-state index contributed by atoms with van der Waals surface area (Å²) >= 11 is 0. The van der Waals surface area contributed by atoms with Gasteiger partial charge in [0.1, 0.15) is 11.8 Å². The van der Waals surface area contributed by atoms with Crippen LogP contribution in [0.2, 0.25) is 0 Å². The minimum atomic E-state index is -0.938. The first-order chi connectivity index (χ1) is 18.4. The molecule has 0 radical (unpaired) electrons. The molecule has 0 unspecified atom stereocenters. The van der Waals surface area contributed by atoms with Crippen molar-refractivity contribution >= 4 is 40.1 Å². The van der Waals surface area contributed by atoms with Crippen molar-refractivity contribution in [1.82, 2.24) is 10.3 Å². The Morgan fingerprint density at radius 1 is 1.05 bits per heavy atom. The van der Waals surface area contributed by atoms with Crippen LogP contribution in [0.3, 0.4) is 0 Å². The van der Waals surface area contributed by atoms with Gasteiger partial charge in [0.25, 0.3) is 5.91 Å². The minimum Gasteiger partial charge on any atom is -0.482 e. The molecular weight excluding hydrogens is 488 g/mol. The van der Waals surface area contributed by atoms with Crippen molar-refractivity contribution in [1.29, 1.82) is 0 Å². The van der Waals surface area contributed by atoms with Crippen LogP contribution < -0.4 is 21.1 Å². The van der Waals surface area contributed by atoms with E-state index in [-0.39, 0.29) is 13.0 Å². The molecule has 10 nitrogen and oxygen atoms in total. The number of esters is 2. The molecule has 1 saturated carbocycles. The Hall–Kier alpha value is -4.21. The highest BCUT2D eigenvalue weighted by molar-refractivity contribution is 5.98. The monoisotopic (exact) mass is 522 g/mol. The number of hydrogen-bond acceptors (Lipinski definition) is 8. The Morgan fingerprint density at radius 2 is 1.84 bits per heavy atom. The Bertz CT molecular complexity index is 1300. The second kappa shape index (κ2) is 12.4. The number of hydrogen-bond donors (Lipinski definition) is 4. The lowest BCUT2D eigenvalue weighted by Gasteiger charge is -2.24. The molecule has 5 N–H and O–H groups in total. The first-order valence-corrected chi connectivity index (χ1v) is 12.7. The molecule has 3 aromatic rings. The van der Waals surface area contributed by atoms with Crippen molar-refractivity contribution in [2.24, 2.45) is 0 Å². The number of methoxy groups -OCH3 is 2. The molecule has 202 valence electrons. The second-order valence-corrected chi connectivity index (χ2v) is 9.42.